The first kappa shape index (κ1) is 12.7. The molecule has 1 N–H and O–H groups in total. The van der Waals surface area contributed by atoms with E-state index in [2.05, 4.69) is 22.1 Å². The lowest BCUT2D eigenvalue weighted by molar-refractivity contribution is 0.498. The summed E-state index contributed by atoms with van der Waals surface area (Å²) < 4.78 is 15.4. The number of aromatic nitrogens is 1. The number of halogens is 1. The molecule has 3 heteroatoms. The van der Waals surface area contributed by atoms with Crippen molar-refractivity contribution in [2.24, 2.45) is 0 Å². The molecule has 1 saturated carbocycles. The topological polar surface area (TPSA) is 17.0 Å². The molecular formula is C16H21FN2. The van der Waals surface area contributed by atoms with E-state index in [0.29, 0.717) is 0 Å². The predicted molar refractivity (Wildman–Crippen MR) is 76.8 cm³/mol. The van der Waals surface area contributed by atoms with E-state index >= 15 is 0 Å². The number of aryl methyl sites for hydroxylation is 1. The molecule has 0 saturated heterocycles. The normalized spacial score (nSPS) is 16.5. The Labute approximate surface area is 113 Å². The van der Waals surface area contributed by atoms with E-state index in [1.54, 1.807) is 6.07 Å². The van der Waals surface area contributed by atoms with Crippen LogP contribution in [0.2, 0.25) is 0 Å². The minimum atomic E-state index is -0.156. The Hall–Kier alpha value is -1.35. The minimum Gasteiger partial charge on any atom is -0.347 e. The van der Waals surface area contributed by atoms with Crippen molar-refractivity contribution in [1.29, 1.82) is 0 Å². The zero-order valence-electron chi connectivity index (χ0n) is 11.2. The van der Waals surface area contributed by atoms with Gasteiger partial charge in [0.05, 0.1) is 5.52 Å². The van der Waals surface area contributed by atoms with Gasteiger partial charge < -0.3 is 9.88 Å². The lowest BCUT2D eigenvalue weighted by Gasteiger charge is -2.12. The van der Waals surface area contributed by atoms with Crippen molar-refractivity contribution in [2.75, 3.05) is 6.54 Å². The van der Waals surface area contributed by atoms with E-state index in [-0.39, 0.29) is 5.82 Å². The Morgan fingerprint density at radius 2 is 2.05 bits per heavy atom. The van der Waals surface area contributed by atoms with E-state index in [0.717, 1.165) is 36.5 Å². The molecule has 0 bridgehead atoms. The van der Waals surface area contributed by atoms with Gasteiger partial charge in [0.2, 0.25) is 0 Å². The molecule has 2 aromatic rings. The summed E-state index contributed by atoms with van der Waals surface area (Å²) in [5.41, 5.74) is 1.00. The summed E-state index contributed by atoms with van der Waals surface area (Å²) in [4.78, 5) is 0. The quantitative estimate of drug-likeness (QED) is 0.811. The van der Waals surface area contributed by atoms with E-state index in [1.165, 1.54) is 31.7 Å². The van der Waals surface area contributed by atoms with Crippen molar-refractivity contribution in [2.45, 2.75) is 44.7 Å². The molecule has 1 aliphatic carbocycles. The van der Waals surface area contributed by atoms with Gasteiger partial charge in [-0.05, 0) is 55.5 Å². The number of nitrogens with zero attached hydrogens (tertiary/aromatic N) is 1. The highest BCUT2D eigenvalue weighted by Gasteiger charge is 2.13. The van der Waals surface area contributed by atoms with E-state index < -0.39 is 0 Å². The summed E-state index contributed by atoms with van der Waals surface area (Å²) in [6.07, 6.45) is 8.56. The lowest BCUT2D eigenvalue weighted by Crippen LogP contribution is -2.27. The Kier molecular flexibility index (Phi) is 3.83. The van der Waals surface area contributed by atoms with Gasteiger partial charge in [0.25, 0.3) is 0 Å². The highest BCUT2D eigenvalue weighted by Crippen LogP contribution is 2.18. The van der Waals surface area contributed by atoms with Crippen molar-refractivity contribution in [3.8, 4) is 0 Å². The SMILES string of the molecule is Fc1ccc2ccn(CCCNC3CCCC3)c2c1. The Morgan fingerprint density at radius 3 is 2.89 bits per heavy atom. The molecule has 0 amide bonds. The zero-order chi connectivity index (χ0) is 13.1. The van der Waals surface area contributed by atoms with Gasteiger partial charge in [-0.3, -0.25) is 0 Å². The average Bonchev–Trinajstić information content (AvgIpc) is 3.04. The molecule has 0 radical (unpaired) electrons. The molecule has 0 spiro atoms. The molecule has 0 atom stereocenters. The van der Waals surface area contributed by atoms with Gasteiger partial charge in [-0.15, -0.1) is 0 Å². The third-order valence-corrected chi connectivity index (χ3v) is 4.10. The molecule has 19 heavy (non-hydrogen) atoms. The third-order valence-electron chi connectivity index (χ3n) is 4.10. The number of hydrogen-bond acceptors (Lipinski definition) is 1. The summed E-state index contributed by atoms with van der Waals surface area (Å²) in [6.45, 7) is 2.01. The van der Waals surface area contributed by atoms with Crippen LogP contribution in [-0.4, -0.2) is 17.2 Å². The summed E-state index contributed by atoms with van der Waals surface area (Å²) >= 11 is 0. The highest BCUT2D eigenvalue weighted by molar-refractivity contribution is 5.80. The Balaban J connectivity index is 1.54. The smallest absolute Gasteiger partial charge is 0.125 e. The first-order chi connectivity index (χ1) is 9.33. The first-order valence-corrected chi connectivity index (χ1v) is 7.31. The van der Waals surface area contributed by atoms with E-state index in [4.69, 9.17) is 0 Å². The van der Waals surface area contributed by atoms with Gasteiger partial charge in [-0.2, -0.15) is 0 Å². The summed E-state index contributed by atoms with van der Waals surface area (Å²) in [5, 5.41) is 4.73. The zero-order valence-corrected chi connectivity index (χ0v) is 11.2. The van der Waals surface area contributed by atoms with Crippen molar-refractivity contribution in [1.82, 2.24) is 9.88 Å². The molecule has 3 rings (SSSR count). The van der Waals surface area contributed by atoms with Crippen molar-refractivity contribution in [3.63, 3.8) is 0 Å². The van der Waals surface area contributed by atoms with Crippen LogP contribution in [0, 0.1) is 5.82 Å². The highest BCUT2D eigenvalue weighted by atomic mass is 19.1. The second-order valence-electron chi connectivity index (χ2n) is 5.50. The molecule has 1 fully saturated rings. The number of fused-ring (bicyclic) bond motifs is 1. The van der Waals surface area contributed by atoms with Gasteiger partial charge >= 0.3 is 0 Å². The van der Waals surface area contributed by atoms with Crippen LogP contribution >= 0.6 is 0 Å². The number of nitrogens with one attached hydrogen (secondary N) is 1. The van der Waals surface area contributed by atoms with Gasteiger partial charge in [0.15, 0.2) is 0 Å². The molecular weight excluding hydrogens is 239 g/mol. The molecule has 0 aliphatic heterocycles. The van der Waals surface area contributed by atoms with Crippen molar-refractivity contribution < 1.29 is 4.39 Å². The summed E-state index contributed by atoms with van der Waals surface area (Å²) in [6, 6.07) is 7.78. The van der Waals surface area contributed by atoms with Gasteiger partial charge in [-0.1, -0.05) is 12.8 Å². The second-order valence-corrected chi connectivity index (χ2v) is 5.50. The molecule has 1 aliphatic rings. The minimum absolute atomic E-state index is 0.156. The van der Waals surface area contributed by atoms with Crippen LogP contribution in [0.5, 0.6) is 0 Å². The number of rotatable bonds is 5. The molecule has 102 valence electrons. The van der Waals surface area contributed by atoms with Crippen LogP contribution in [0.3, 0.4) is 0 Å². The maximum absolute atomic E-state index is 13.3. The summed E-state index contributed by atoms with van der Waals surface area (Å²) in [7, 11) is 0. The predicted octanol–water partition coefficient (Wildman–Crippen LogP) is 3.70. The lowest BCUT2D eigenvalue weighted by atomic mass is 10.2. The van der Waals surface area contributed by atoms with Crippen molar-refractivity contribution in [3.05, 3.63) is 36.3 Å². The summed E-state index contributed by atoms with van der Waals surface area (Å²) in [5.74, 6) is -0.156. The first-order valence-electron chi connectivity index (χ1n) is 7.31. The largest absolute Gasteiger partial charge is 0.347 e. The molecule has 1 aromatic carbocycles. The van der Waals surface area contributed by atoms with Crippen LogP contribution in [-0.2, 0) is 6.54 Å². The number of hydrogen-bond donors (Lipinski definition) is 1. The van der Waals surface area contributed by atoms with Crippen LogP contribution in [0.4, 0.5) is 4.39 Å². The van der Waals surface area contributed by atoms with Crippen LogP contribution < -0.4 is 5.32 Å². The fourth-order valence-electron chi connectivity index (χ4n) is 3.04. The Morgan fingerprint density at radius 1 is 1.21 bits per heavy atom. The third kappa shape index (κ3) is 2.98. The monoisotopic (exact) mass is 260 g/mol. The van der Waals surface area contributed by atoms with Gasteiger partial charge in [-0.25, -0.2) is 4.39 Å². The molecule has 1 heterocycles. The maximum atomic E-state index is 13.3. The van der Waals surface area contributed by atoms with Crippen molar-refractivity contribution >= 4 is 10.9 Å². The maximum Gasteiger partial charge on any atom is 0.125 e. The average molecular weight is 260 g/mol. The number of benzene rings is 1. The second kappa shape index (κ2) is 5.74. The molecule has 0 unspecified atom stereocenters. The van der Waals surface area contributed by atoms with Crippen LogP contribution in [0.15, 0.2) is 30.5 Å². The van der Waals surface area contributed by atoms with Gasteiger partial charge in [0, 0.05) is 18.8 Å². The van der Waals surface area contributed by atoms with Gasteiger partial charge in [0.1, 0.15) is 5.82 Å². The Bertz CT molecular complexity index is 541. The fraction of sp³-hybridized carbons (Fsp3) is 0.500. The van der Waals surface area contributed by atoms with Crippen LogP contribution in [0.25, 0.3) is 10.9 Å². The fourth-order valence-corrected chi connectivity index (χ4v) is 3.04. The standard InChI is InChI=1S/C16H21FN2/c17-14-7-6-13-8-11-19(16(13)12-14)10-3-9-18-15-4-1-2-5-15/h6-8,11-12,15,18H,1-5,9-10H2. The van der Waals surface area contributed by atoms with Crippen LogP contribution in [0.1, 0.15) is 32.1 Å². The molecule has 1 aromatic heterocycles. The molecule has 2 nitrogen and oxygen atoms in total. The van der Waals surface area contributed by atoms with E-state index in [1.807, 2.05) is 6.07 Å². The van der Waals surface area contributed by atoms with E-state index in [9.17, 15) is 4.39 Å².